The van der Waals surface area contributed by atoms with Gasteiger partial charge in [0, 0.05) is 167 Å². The maximum atomic E-state index is 14.2. The van der Waals surface area contributed by atoms with Crippen LogP contribution in [0.25, 0.3) is 0 Å². The summed E-state index contributed by atoms with van der Waals surface area (Å²) in [6, 6.07) is 5.72. The average Bonchev–Trinajstić information content (AvgIpc) is 0.826. The van der Waals surface area contributed by atoms with Gasteiger partial charge in [-0.15, -0.1) is 0 Å². The monoisotopic (exact) mass is 1880 g/mol. The molecule has 44 nitrogen and oxygen atoms in total. The van der Waals surface area contributed by atoms with E-state index in [2.05, 4.69) is 42.5 Å². The summed E-state index contributed by atoms with van der Waals surface area (Å²) in [6.07, 6.45) is -10.0. The molecule has 1 aliphatic carbocycles. The lowest BCUT2D eigenvalue weighted by molar-refractivity contribution is -0.277. The summed E-state index contributed by atoms with van der Waals surface area (Å²) >= 11 is 0. The van der Waals surface area contributed by atoms with E-state index in [0.717, 1.165) is 47.1 Å². The van der Waals surface area contributed by atoms with E-state index in [9.17, 15) is 81.5 Å². The van der Waals surface area contributed by atoms with Crippen LogP contribution in [-0.4, -0.2) is 304 Å². The van der Waals surface area contributed by atoms with Crippen LogP contribution in [-0.2, 0) is 173 Å². The molecule has 0 saturated carbocycles. The highest BCUT2D eigenvalue weighted by Gasteiger charge is 2.55. The standard InChI is InChI=1S/C88H134N8O36/c1-52(97)94-74-81(127-61(10)106)78(124-58(7)103)68(49-120-55(4)100)130-85(74)117-40-27-16-13-22-35-89-71(109)32-43-114-66-46-65(84(112)92-38-25-26-39-93-88(113)123-48-64-30-20-19-21-31-64)47-67(115-44-33-72(110)90-36-23-14-17-28-41-118-86-75(95-53(2)98)82(128-62(11)107)79(125-59(8)104)69(131-86)50-121-56(5)101)77(66)116-45-34-73(111)91-37-24-15-18-29-42-119-87-76(96-54(3)99)83(129-63(12)108)80(126-60(9)105)70(132-87)51-122-57(6)102/h19-21,30-31,46,66-70,74-83,85-87H,13-18,22-29,32-45,47-51H2,1-12H3,(H,89,109)(H,90,110)(H,91,111)(H,92,112)(H,93,113)(H,94,97)(H,95,98)(H,96,99)/t66-,67-,68-,69-,70-,74-,75-,76-,77-,78+,79+,80+,81-,82-,83-,85-,86-,87-/m1/s1. The molecule has 5 rings (SSSR count). The predicted molar refractivity (Wildman–Crippen MR) is 457 cm³/mol. The predicted octanol–water partition coefficient (Wildman–Crippen LogP) is 2.51. The number of hydrogen-bond donors (Lipinski definition) is 8. The van der Waals surface area contributed by atoms with Crippen molar-refractivity contribution in [1.29, 1.82) is 0 Å². The minimum Gasteiger partial charge on any atom is -0.463 e. The molecule has 132 heavy (non-hydrogen) atoms. The summed E-state index contributed by atoms with van der Waals surface area (Å²) in [5.41, 5.74) is 1.04. The van der Waals surface area contributed by atoms with Crippen molar-refractivity contribution >= 4 is 101 Å². The molecule has 1 aromatic rings. The maximum absolute atomic E-state index is 14.2. The minimum atomic E-state index is -1.30. The van der Waals surface area contributed by atoms with E-state index in [0.29, 0.717) is 89.9 Å². The number of unbranched alkanes of at least 4 members (excludes halogenated alkanes) is 10. The second-order valence-corrected chi connectivity index (χ2v) is 31.7. The Kier molecular flexibility index (Phi) is 52.5. The SMILES string of the molecule is CC(=O)N[C@H]1[C@H](OCCCCCCNC(=O)CCO[C@@H]2[C@H](OCCC(=O)NCCCCCCO[C@@H]3O[C@H](COC(C)=O)[C@H](OC(C)=O)[C@H](OC(C)=O)[C@H]3NC(C)=O)C=C(C(=O)NCCCCNC(=O)OCc3ccccc3)C[C@H]2OCCC(=O)NCCCCCCO[C@@H]2O[C@H](COC(C)=O)[C@H](OC(C)=O)[C@H](OC(C)=O)[C@H]2NC(C)=O)O[C@H](COC(C)=O)[C@H](OC(C)=O)[C@@H]1OC(C)=O. The van der Waals surface area contributed by atoms with E-state index < -0.39 is 214 Å². The molecule has 0 spiro atoms. The van der Waals surface area contributed by atoms with Gasteiger partial charge in [0.05, 0.1) is 25.9 Å². The van der Waals surface area contributed by atoms with Gasteiger partial charge in [-0.2, -0.15) is 0 Å². The van der Waals surface area contributed by atoms with Crippen LogP contribution >= 0.6 is 0 Å². The fourth-order valence-electron chi connectivity index (χ4n) is 14.6. The number of carbonyl (C=O) groups excluding carboxylic acids is 17. The van der Waals surface area contributed by atoms with Crippen LogP contribution in [0.2, 0.25) is 0 Å². The van der Waals surface area contributed by atoms with Crippen LogP contribution in [0.3, 0.4) is 0 Å². The Morgan fingerprint density at radius 1 is 0.318 bits per heavy atom. The van der Waals surface area contributed by atoms with Gasteiger partial charge >= 0.3 is 59.8 Å². The van der Waals surface area contributed by atoms with Crippen molar-refractivity contribution in [2.24, 2.45) is 0 Å². The molecule has 3 heterocycles. The number of carbonyl (C=O) groups is 17. The number of nitrogens with one attached hydrogen (secondary N) is 8. The Hall–Kier alpha value is -10.6. The van der Waals surface area contributed by atoms with Crippen LogP contribution in [0.5, 0.6) is 0 Å². The average molecular weight is 1880 g/mol. The van der Waals surface area contributed by atoms with Crippen LogP contribution in [0.4, 0.5) is 4.79 Å². The molecular weight excluding hydrogens is 1740 g/mol. The summed E-state index contributed by atoms with van der Waals surface area (Å²) in [6.45, 7) is 13.8. The lowest BCUT2D eigenvalue weighted by Gasteiger charge is -2.44. The summed E-state index contributed by atoms with van der Waals surface area (Å²) in [4.78, 5) is 214. The lowest BCUT2D eigenvalue weighted by atomic mass is 9.91. The topological polar surface area (TPSA) is 562 Å². The molecule has 742 valence electrons. The first-order chi connectivity index (χ1) is 63.0. The van der Waals surface area contributed by atoms with Gasteiger partial charge in [-0.05, 0) is 63.0 Å². The fourth-order valence-corrected chi connectivity index (χ4v) is 14.6. The lowest BCUT2D eigenvalue weighted by Crippen LogP contribution is -2.66. The molecule has 0 unspecified atom stereocenters. The second-order valence-electron chi connectivity index (χ2n) is 31.7. The Balaban J connectivity index is 1.24. The van der Waals surface area contributed by atoms with Crippen LogP contribution in [0, 0.1) is 0 Å². The largest absolute Gasteiger partial charge is 0.463 e. The van der Waals surface area contributed by atoms with Gasteiger partial charge in [-0.3, -0.25) is 76.7 Å². The van der Waals surface area contributed by atoms with Gasteiger partial charge < -0.3 is 133 Å². The van der Waals surface area contributed by atoms with Crippen molar-refractivity contribution < 1.29 is 172 Å². The molecule has 0 bridgehead atoms. The van der Waals surface area contributed by atoms with Crippen molar-refractivity contribution in [2.45, 2.75) is 316 Å². The molecule has 0 aromatic heterocycles. The quantitative estimate of drug-likeness (QED) is 0.0264. The van der Waals surface area contributed by atoms with E-state index in [1.165, 1.54) is 41.5 Å². The normalized spacial score (nSPS) is 23.7. The molecule has 4 aliphatic rings. The summed E-state index contributed by atoms with van der Waals surface area (Å²) in [5.74, 6) is -9.74. The first-order valence-corrected chi connectivity index (χ1v) is 44.6. The van der Waals surface area contributed by atoms with Crippen molar-refractivity contribution in [3.8, 4) is 0 Å². The van der Waals surface area contributed by atoms with Gasteiger partial charge in [0.1, 0.15) is 75.1 Å². The molecule has 8 amide bonds. The third-order valence-electron chi connectivity index (χ3n) is 20.3. The molecular formula is C88H134N8O36. The Morgan fingerprint density at radius 3 is 0.985 bits per heavy atom. The van der Waals surface area contributed by atoms with Crippen molar-refractivity contribution in [3.05, 3.63) is 47.5 Å². The number of benzene rings is 1. The summed E-state index contributed by atoms with van der Waals surface area (Å²) < 4.78 is 110. The first kappa shape index (κ1) is 112. The van der Waals surface area contributed by atoms with E-state index >= 15 is 0 Å². The molecule has 3 fully saturated rings. The van der Waals surface area contributed by atoms with Crippen LogP contribution in [0.1, 0.15) is 204 Å². The van der Waals surface area contributed by atoms with Gasteiger partial charge in [-0.1, -0.05) is 68.9 Å². The molecule has 1 aromatic carbocycles. The van der Waals surface area contributed by atoms with Crippen LogP contribution < -0.4 is 42.5 Å². The third-order valence-corrected chi connectivity index (χ3v) is 20.3. The van der Waals surface area contributed by atoms with E-state index in [1.807, 2.05) is 30.3 Å². The van der Waals surface area contributed by atoms with Gasteiger partial charge in [0.2, 0.25) is 41.4 Å². The zero-order valence-corrected chi connectivity index (χ0v) is 77.4. The first-order valence-electron chi connectivity index (χ1n) is 44.6. The van der Waals surface area contributed by atoms with Crippen molar-refractivity contribution in [1.82, 2.24) is 42.5 Å². The highest BCUT2D eigenvalue weighted by Crippen LogP contribution is 2.33. The molecule has 0 radical (unpaired) electrons. The minimum absolute atomic E-state index is 0.0538. The molecule has 18 atom stereocenters. The number of rotatable bonds is 59. The number of esters is 9. The zero-order valence-electron chi connectivity index (χ0n) is 77.4. The fraction of sp³-hybridized carbons (Fsp3) is 0.716. The Labute approximate surface area is 767 Å². The Morgan fingerprint density at radius 2 is 0.636 bits per heavy atom. The third kappa shape index (κ3) is 44.7. The van der Waals surface area contributed by atoms with Gasteiger partial charge in [-0.25, -0.2) is 4.79 Å². The Bertz CT molecular complexity index is 3900. The smallest absolute Gasteiger partial charge is 0.407 e. The van der Waals surface area contributed by atoms with E-state index in [1.54, 1.807) is 6.08 Å². The van der Waals surface area contributed by atoms with Crippen molar-refractivity contribution in [2.75, 3.05) is 92.2 Å². The second kappa shape index (κ2) is 62.0. The summed E-state index contributed by atoms with van der Waals surface area (Å²) in [5, 5.41) is 22.3. The van der Waals surface area contributed by atoms with E-state index in [4.69, 9.17) is 90.0 Å². The highest BCUT2D eigenvalue weighted by atomic mass is 16.7. The highest BCUT2D eigenvalue weighted by molar-refractivity contribution is 5.94. The molecule has 3 saturated heterocycles. The number of alkyl carbamates (subject to hydrolysis) is 1. The molecule has 44 heteroatoms. The van der Waals surface area contributed by atoms with Gasteiger partial charge in [0.25, 0.3) is 0 Å². The summed E-state index contributed by atoms with van der Waals surface area (Å²) in [7, 11) is 0. The van der Waals surface area contributed by atoms with Crippen LogP contribution in [0.15, 0.2) is 42.0 Å². The number of ether oxygens (including phenoxy) is 19. The van der Waals surface area contributed by atoms with Crippen molar-refractivity contribution in [3.63, 3.8) is 0 Å². The molecule has 3 aliphatic heterocycles. The van der Waals surface area contributed by atoms with Gasteiger partial charge in [0.15, 0.2) is 55.5 Å². The number of hydrogen-bond acceptors (Lipinski definition) is 36. The molecule has 8 N–H and O–H groups in total. The number of amides is 8. The zero-order chi connectivity index (χ0) is 97.0. The van der Waals surface area contributed by atoms with E-state index in [-0.39, 0.29) is 128 Å². The maximum Gasteiger partial charge on any atom is 0.407 e.